The standard InChI is InChI=1S/C31H31ClN2O3/c1-31(17-15-28-26(19-31)25-9-5-6-10-27(25)34(28)21-29(35)36)30(37)33(20-23-7-3-2-4-8-23)18-16-22-11-13-24(32)14-12-22/h2-14H,15-21H2,1H3,(H,35,36). The van der Waals surface area contributed by atoms with Crippen LogP contribution in [0.1, 0.15) is 35.7 Å². The van der Waals surface area contributed by atoms with E-state index in [0.29, 0.717) is 37.4 Å². The van der Waals surface area contributed by atoms with E-state index in [1.165, 1.54) is 0 Å². The topological polar surface area (TPSA) is 62.5 Å². The molecule has 0 aliphatic heterocycles. The number of para-hydroxylation sites is 1. The van der Waals surface area contributed by atoms with Crippen molar-refractivity contribution in [2.75, 3.05) is 6.54 Å². The van der Waals surface area contributed by atoms with Gasteiger partial charge in [0.2, 0.25) is 5.91 Å². The third-order valence-corrected chi connectivity index (χ3v) is 7.82. The van der Waals surface area contributed by atoms with E-state index in [1.807, 2.05) is 76.2 Å². The van der Waals surface area contributed by atoms with E-state index in [-0.39, 0.29) is 12.5 Å². The second-order valence-electron chi connectivity index (χ2n) is 10.2. The fourth-order valence-corrected chi connectivity index (χ4v) is 5.76. The summed E-state index contributed by atoms with van der Waals surface area (Å²) in [6, 6.07) is 25.9. The zero-order valence-electron chi connectivity index (χ0n) is 21.0. The van der Waals surface area contributed by atoms with Gasteiger partial charge in [0.05, 0.1) is 5.41 Å². The van der Waals surface area contributed by atoms with E-state index in [4.69, 9.17) is 11.6 Å². The number of aromatic nitrogens is 1. The molecule has 4 aromatic rings. The van der Waals surface area contributed by atoms with E-state index in [0.717, 1.165) is 39.7 Å². The van der Waals surface area contributed by atoms with Gasteiger partial charge in [-0.1, -0.05) is 79.2 Å². The van der Waals surface area contributed by atoms with E-state index in [1.54, 1.807) is 0 Å². The van der Waals surface area contributed by atoms with Crippen LogP contribution in [0.3, 0.4) is 0 Å². The van der Waals surface area contributed by atoms with Gasteiger partial charge in [0.1, 0.15) is 6.54 Å². The number of aliphatic carboxylic acids is 1. The summed E-state index contributed by atoms with van der Waals surface area (Å²) < 4.78 is 1.92. The molecule has 190 valence electrons. The molecule has 1 aliphatic carbocycles. The van der Waals surface area contributed by atoms with Crippen LogP contribution in [0.5, 0.6) is 0 Å². The van der Waals surface area contributed by atoms with Crippen LogP contribution in [-0.2, 0) is 41.9 Å². The minimum absolute atomic E-state index is 0.0677. The normalized spacial score (nSPS) is 16.9. The zero-order valence-corrected chi connectivity index (χ0v) is 21.7. The molecule has 37 heavy (non-hydrogen) atoms. The molecule has 5 rings (SSSR count). The summed E-state index contributed by atoms with van der Waals surface area (Å²) in [5.74, 6) is -0.713. The van der Waals surface area contributed by atoms with Crippen molar-refractivity contribution in [3.05, 3.63) is 106 Å². The lowest BCUT2D eigenvalue weighted by molar-refractivity contribution is -0.143. The first-order valence-corrected chi connectivity index (χ1v) is 13.1. The monoisotopic (exact) mass is 514 g/mol. The molecular formula is C31H31ClN2O3. The highest BCUT2D eigenvalue weighted by molar-refractivity contribution is 6.30. The number of carboxylic acids is 1. The minimum atomic E-state index is -0.857. The van der Waals surface area contributed by atoms with Crippen LogP contribution < -0.4 is 0 Å². The van der Waals surface area contributed by atoms with Crippen LogP contribution >= 0.6 is 11.6 Å². The van der Waals surface area contributed by atoms with Crippen molar-refractivity contribution in [2.45, 2.75) is 45.7 Å². The Morgan fingerprint density at radius 2 is 1.68 bits per heavy atom. The van der Waals surface area contributed by atoms with Gasteiger partial charge in [-0.05, 0) is 60.6 Å². The maximum Gasteiger partial charge on any atom is 0.323 e. The van der Waals surface area contributed by atoms with Crippen molar-refractivity contribution in [3.63, 3.8) is 0 Å². The maximum atomic E-state index is 14.2. The van der Waals surface area contributed by atoms with Gasteiger partial charge >= 0.3 is 5.97 Å². The molecular weight excluding hydrogens is 484 g/mol. The average Bonchev–Trinajstić information content (AvgIpc) is 3.19. The van der Waals surface area contributed by atoms with Gasteiger partial charge in [-0.25, -0.2) is 0 Å². The number of halogens is 1. The molecule has 0 saturated heterocycles. The lowest BCUT2D eigenvalue weighted by Crippen LogP contribution is -2.46. The van der Waals surface area contributed by atoms with Gasteiger partial charge in [-0.15, -0.1) is 0 Å². The molecule has 1 atom stereocenters. The van der Waals surface area contributed by atoms with Gasteiger partial charge in [0.15, 0.2) is 0 Å². The largest absolute Gasteiger partial charge is 0.480 e. The van der Waals surface area contributed by atoms with Crippen LogP contribution in [0.25, 0.3) is 10.9 Å². The molecule has 6 heteroatoms. The summed E-state index contributed by atoms with van der Waals surface area (Å²) in [5.41, 5.74) is 4.75. The van der Waals surface area contributed by atoms with Crippen molar-refractivity contribution in [2.24, 2.45) is 5.41 Å². The number of amides is 1. The summed E-state index contributed by atoms with van der Waals surface area (Å²) in [5, 5.41) is 11.3. The fourth-order valence-electron chi connectivity index (χ4n) is 5.64. The summed E-state index contributed by atoms with van der Waals surface area (Å²) in [7, 11) is 0. The highest BCUT2D eigenvalue weighted by Gasteiger charge is 2.41. The molecule has 0 radical (unpaired) electrons. The molecule has 0 bridgehead atoms. The van der Waals surface area contributed by atoms with E-state index >= 15 is 0 Å². The van der Waals surface area contributed by atoms with Crippen molar-refractivity contribution >= 4 is 34.4 Å². The Balaban J connectivity index is 1.45. The average molecular weight is 515 g/mol. The summed E-state index contributed by atoms with van der Waals surface area (Å²) >= 11 is 6.07. The number of hydrogen-bond acceptors (Lipinski definition) is 2. The van der Waals surface area contributed by atoms with Crippen LogP contribution in [-0.4, -0.2) is 33.0 Å². The Hall–Kier alpha value is -3.57. The van der Waals surface area contributed by atoms with Crippen LogP contribution in [0, 0.1) is 5.41 Å². The van der Waals surface area contributed by atoms with Crippen LogP contribution in [0.15, 0.2) is 78.9 Å². The third kappa shape index (κ3) is 5.28. The first-order valence-electron chi connectivity index (χ1n) is 12.7. The smallest absolute Gasteiger partial charge is 0.323 e. The Morgan fingerprint density at radius 3 is 2.41 bits per heavy atom. The van der Waals surface area contributed by atoms with Gasteiger partial charge in [0.25, 0.3) is 0 Å². The molecule has 0 fully saturated rings. The molecule has 0 spiro atoms. The summed E-state index contributed by atoms with van der Waals surface area (Å²) in [6.07, 6.45) is 2.70. The lowest BCUT2D eigenvalue weighted by Gasteiger charge is -2.38. The van der Waals surface area contributed by atoms with Gasteiger partial charge in [-0.2, -0.15) is 0 Å². The van der Waals surface area contributed by atoms with Crippen molar-refractivity contribution in [1.82, 2.24) is 9.47 Å². The van der Waals surface area contributed by atoms with Crippen LogP contribution in [0.2, 0.25) is 5.02 Å². The van der Waals surface area contributed by atoms with Gasteiger partial charge in [0, 0.05) is 34.7 Å². The first-order chi connectivity index (χ1) is 17.8. The Kier molecular flexibility index (Phi) is 7.07. The molecule has 0 saturated carbocycles. The predicted molar refractivity (Wildman–Crippen MR) is 147 cm³/mol. The summed E-state index contributed by atoms with van der Waals surface area (Å²) in [4.78, 5) is 27.8. The van der Waals surface area contributed by atoms with Crippen LogP contribution in [0.4, 0.5) is 0 Å². The minimum Gasteiger partial charge on any atom is -0.480 e. The number of carboxylic acid groups (broad SMARTS) is 1. The highest BCUT2D eigenvalue weighted by Crippen LogP contribution is 2.41. The maximum absolute atomic E-state index is 14.2. The Morgan fingerprint density at radius 1 is 0.973 bits per heavy atom. The Labute approximate surface area is 222 Å². The fraction of sp³-hybridized carbons (Fsp3) is 0.290. The summed E-state index contributed by atoms with van der Waals surface area (Å²) in [6.45, 7) is 3.17. The predicted octanol–water partition coefficient (Wildman–Crippen LogP) is 6.15. The van der Waals surface area contributed by atoms with Crippen molar-refractivity contribution < 1.29 is 14.7 Å². The number of benzene rings is 3. The van der Waals surface area contributed by atoms with E-state index < -0.39 is 11.4 Å². The Bertz CT molecular complexity index is 1430. The number of nitrogens with zero attached hydrogens (tertiary/aromatic N) is 2. The van der Waals surface area contributed by atoms with E-state index in [9.17, 15) is 14.7 Å². The van der Waals surface area contributed by atoms with Gasteiger partial charge < -0.3 is 14.6 Å². The second kappa shape index (κ2) is 10.4. The quantitative estimate of drug-likeness (QED) is 0.307. The molecule has 1 aromatic heterocycles. The molecule has 1 amide bonds. The third-order valence-electron chi connectivity index (χ3n) is 7.57. The molecule has 1 aliphatic rings. The first kappa shape index (κ1) is 25.1. The molecule has 5 nitrogen and oxygen atoms in total. The van der Waals surface area contributed by atoms with Crippen molar-refractivity contribution in [3.8, 4) is 0 Å². The lowest BCUT2D eigenvalue weighted by atomic mass is 9.73. The molecule has 3 aromatic carbocycles. The number of carbonyl (C=O) groups excluding carboxylic acids is 1. The number of rotatable bonds is 8. The molecule has 1 heterocycles. The highest BCUT2D eigenvalue weighted by atomic mass is 35.5. The number of carbonyl (C=O) groups is 2. The number of hydrogen-bond donors (Lipinski definition) is 1. The van der Waals surface area contributed by atoms with Crippen molar-refractivity contribution in [1.29, 1.82) is 0 Å². The molecule has 1 unspecified atom stereocenters. The molecule has 1 N–H and O–H groups in total. The zero-order chi connectivity index (χ0) is 26.0. The van der Waals surface area contributed by atoms with Gasteiger partial charge in [-0.3, -0.25) is 9.59 Å². The number of fused-ring (bicyclic) bond motifs is 3. The SMILES string of the molecule is CC1(C(=O)N(CCc2ccc(Cl)cc2)Cc2ccccc2)CCc2c(c3ccccc3n2CC(=O)O)C1. The van der Waals surface area contributed by atoms with E-state index in [2.05, 4.69) is 19.1 Å². The second-order valence-corrected chi connectivity index (χ2v) is 10.7.